The average molecular weight is 186 g/mol. The molecule has 0 aromatic heterocycles. The van der Waals surface area contributed by atoms with Crippen LogP contribution >= 0.6 is 0 Å². The maximum atomic E-state index is 11.0. The third-order valence-electron chi connectivity index (χ3n) is 2.34. The average Bonchev–Trinajstić information content (AvgIpc) is 2.16. The lowest BCUT2D eigenvalue weighted by Gasteiger charge is -2.07. The van der Waals surface area contributed by atoms with E-state index < -0.39 is 0 Å². The first kappa shape index (κ1) is 12.5. The van der Waals surface area contributed by atoms with Crippen LogP contribution in [-0.2, 0) is 9.53 Å². The van der Waals surface area contributed by atoms with Crippen molar-refractivity contribution in [3.63, 3.8) is 0 Å². The molecule has 13 heavy (non-hydrogen) atoms. The maximum Gasteiger partial charge on any atom is 0.308 e. The molecule has 0 saturated heterocycles. The highest BCUT2D eigenvalue weighted by Gasteiger charge is 2.11. The molecule has 2 heteroatoms. The van der Waals surface area contributed by atoms with E-state index in [1.807, 2.05) is 6.92 Å². The zero-order valence-corrected chi connectivity index (χ0v) is 9.14. The molecule has 0 amide bonds. The van der Waals surface area contributed by atoms with Crippen molar-refractivity contribution in [2.75, 3.05) is 7.11 Å². The molecule has 0 radical (unpaired) electrons. The fraction of sp³-hybridized carbons (Fsp3) is 0.909. The first-order chi connectivity index (χ1) is 6.22. The minimum absolute atomic E-state index is 0.0736. The quantitative estimate of drug-likeness (QED) is 0.451. The Morgan fingerprint density at radius 3 is 2.38 bits per heavy atom. The van der Waals surface area contributed by atoms with Crippen LogP contribution in [0.1, 0.15) is 52.4 Å². The summed E-state index contributed by atoms with van der Waals surface area (Å²) in [5.41, 5.74) is 0. The van der Waals surface area contributed by atoms with Crippen molar-refractivity contribution in [3.05, 3.63) is 0 Å². The second kappa shape index (κ2) is 8.09. The normalized spacial score (nSPS) is 12.5. The Hall–Kier alpha value is -0.530. The zero-order chi connectivity index (χ0) is 10.1. The Balaban J connectivity index is 3.26. The van der Waals surface area contributed by atoms with Gasteiger partial charge < -0.3 is 4.74 Å². The van der Waals surface area contributed by atoms with Gasteiger partial charge in [-0.2, -0.15) is 0 Å². The van der Waals surface area contributed by atoms with E-state index in [9.17, 15) is 4.79 Å². The van der Waals surface area contributed by atoms with Crippen LogP contribution in [0.3, 0.4) is 0 Å². The molecule has 0 spiro atoms. The molecule has 0 heterocycles. The van der Waals surface area contributed by atoms with Crippen molar-refractivity contribution in [2.24, 2.45) is 5.92 Å². The topological polar surface area (TPSA) is 26.3 Å². The van der Waals surface area contributed by atoms with E-state index in [1.54, 1.807) is 0 Å². The van der Waals surface area contributed by atoms with E-state index in [1.165, 1.54) is 32.8 Å². The summed E-state index contributed by atoms with van der Waals surface area (Å²) in [6.07, 6.45) is 7.24. The lowest BCUT2D eigenvalue weighted by atomic mass is 10.0. The van der Waals surface area contributed by atoms with Gasteiger partial charge in [-0.15, -0.1) is 0 Å². The monoisotopic (exact) mass is 186 g/mol. The molecular formula is C11H22O2. The van der Waals surface area contributed by atoms with E-state index in [2.05, 4.69) is 11.7 Å². The highest BCUT2D eigenvalue weighted by atomic mass is 16.5. The summed E-state index contributed by atoms with van der Waals surface area (Å²) >= 11 is 0. The van der Waals surface area contributed by atoms with Gasteiger partial charge in [0.1, 0.15) is 0 Å². The third kappa shape index (κ3) is 6.62. The molecule has 0 N–H and O–H groups in total. The molecular weight excluding hydrogens is 164 g/mol. The summed E-state index contributed by atoms with van der Waals surface area (Å²) in [6.45, 7) is 4.14. The molecule has 0 fully saturated rings. The molecule has 0 saturated carbocycles. The molecule has 0 aliphatic heterocycles. The number of hydrogen-bond donors (Lipinski definition) is 0. The number of esters is 1. The highest BCUT2D eigenvalue weighted by Crippen LogP contribution is 2.12. The van der Waals surface area contributed by atoms with Crippen LogP contribution in [0.2, 0.25) is 0 Å². The number of methoxy groups -OCH3 is 1. The summed E-state index contributed by atoms with van der Waals surface area (Å²) in [7, 11) is 1.45. The lowest BCUT2D eigenvalue weighted by Crippen LogP contribution is -2.12. The number of carbonyl (C=O) groups excluding carboxylic acids is 1. The minimum atomic E-state index is -0.0736. The molecule has 0 bridgehead atoms. The minimum Gasteiger partial charge on any atom is -0.469 e. The standard InChI is InChI=1S/C11H22O2/c1-4-5-6-7-8-9-10(2)11(12)13-3/h10H,4-9H2,1-3H3. The summed E-state index contributed by atoms with van der Waals surface area (Å²) < 4.78 is 4.65. The largest absolute Gasteiger partial charge is 0.469 e. The van der Waals surface area contributed by atoms with Crippen molar-refractivity contribution >= 4 is 5.97 Å². The van der Waals surface area contributed by atoms with Gasteiger partial charge in [-0.25, -0.2) is 0 Å². The van der Waals surface area contributed by atoms with Gasteiger partial charge in [0, 0.05) is 0 Å². The summed E-state index contributed by atoms with van der Waals surface area (Å²) in [5.74, 6) is 0.00196. The molecule has 1 unspecified atom stereocenters. The molecule has 2 nitrogen and oxygen atoms in total. The summed E-state index contributed by atoms with van der Waals surface area (Å²) in [4.78, 5) is 11.0. The molecule has 1 atom stereocenters. The van der Waals surface area contributed by atoms with E-state index in [0.717, 1.165) is 12.8 Å². The summed E-state index contributed by atoms with van der Waals surface area (Å²) in [6, 6.07) is 0. The van der Waals surface area contributed by atoms with Gasteiger partial charge in [0.15, 0.2) is 0 Å². The Kier molecular flexibility index (Phi) is 7.76. The molecule has 0 aliphatic carbocycles. The van der Waals surface area contributed by atoms with Gasteiger partial charge in [-0.1, -0.05) is 46.0 Å². The number of unbranched alkanes of at least 4 members (excludes halogenated alkanes) is 4. The van der Waals surface area contributed by atoms with E-state index >= 15 is 0 Å². The molecule has 78 valence electrons. The Morgan fingerprint density at radius 2 is 1.85 bits per heavy atom. The van der Waals surface area contributed by atoms with Gasteiger partial charge >= 0.3 is 5.97 Å². The number of hydrogen-bond acceptors (Lipinski definition) is 2. The molecule has 0 rings (SSSR count). The first-order valence-electron chi connectivity index (χ1n) is 5.30. The summed E-state index contributed by atoms with van der Waals surface area (Å²) in [5, 5.41) is 0. The van der Waals surface area contributed by atoms with Crippen molar-refractivity contribution < 1.29 is 9.53 Å². The zero-order valence-electron chi connectivity index (χ0n) is 9.14. The van der Waals surface area contributed by atoms with Gasteiger partial charge in [0.25, 0.3) is 0 Å². The van der Waals surface area contributed by atoms with Gasteiger partial charge in [-0.05, 0) is 6.42 Å². The predicted molar refractivity (Wildman–Crippen MR) is 54.6 cm³/mol. The second-order valence-electron chi connectivity index (χ2n) is 3.63. The fourth-order valence-corrected chi connectivity index (χ4v) is 1.37. The van der Waals surface area contributed by atoms with E-state index in [4.69, 9.17) is 0 Å². The van der Waals surface area contributed by atoms with Crippen LogP contribution < -0.4 is 0 Å². The Morgan fingerprint density at radius 1 is 1.23 bits per heavy atom. The van der Waals surface area contributed by atoms with E-state index in [-0.39, 0.29) is 11.9 Å². The van der Waals surface area contributed by atoms with Crippen LogP contribution in [0.4, 0.5) is 0 Å². The first-order valence-corrected chi connectivity index (χ1v) is 5.30. The van der Waals surface area contributed by atoms with Crippen molar-refractivity contribution in [3.8, 4) is 0 Å². The second-order valence-corrected chi connectivity index (χ2v) is 3.63. The third-order valence-corrected chi connectivity index (χ3v) is 2.34. The SMILES string of the molecule is CCCCCCCC(C)C(=O)OC. The number of carbonyl (C=O) groups is 1. The smallest absolute Gasteiger partial charge is 0.308 e. The van der Waals surface area contributed by atoms with Crippen LogP contribution in [0.15, 0.2) is 0 Å². The predicted octanol–water partition coefficient (Wildman–Crippen LogP) is 3.16. The van der Waals surface area contributed by atoms with Gasteiger partial charge in [0.05, 0.1) is 13.0 Å². The van der Waals surface area contributed by atoms with Crippen molar-refractivity contribution in [1.29, 1.82) is 0 Å². The van der Waals surface area contributed by atoms with Crippen LogP contribution in [0, 0.1) is 5.92 Å². The molecule has 0 aromatic carbocycles. The fourth-order valence-electron chi connectivity index (χ4n) is 1.37. The van der Waals surface area contributed by atoms with Crippen LogP contribution in [0.25, 0.3) is 0 Å². The van der Waals surface area contributed by atoms with Crippen molar-refractivity contribution in [2.45, 2.75) is 52.4 Å². The lowest BCUT2D eigenvalue weighted by molar-refractivity contribution is -0.145. The van der Waals surface area contributed by atoms with Crippen LogP contribution in [0.5, 0.6) is 0 Å². The van der Waals surface area contributed by atoms with Crippen molar-refractivity contribution in [1.82, 2.24) is 0 Å². The van der Waals surface area contributed by atoms with E-state index in [0.29, 0.717) is 0 Å². The van der Waals surface area contributed by atoms with Crippen LogP contribution in [-0.4, -0.2) is 13.1 Å². The maximum absolute atomic E-state index is 11.0. The Labute approximate surface area is 81.7 Å². The van der Waals surface area contributed by atoms with Gasteiger partial charge in [0.2, 0.25) is 0 Å². The number of rotatable bonds is 7. The number of ether oxygens (including phenoxy) is 1. The van der Waals surface area contributed by atoms with Gasteiger partial charge in [-0.3, -0.25) is 4.79 Å². The highest BCUT2D eigenvalue weighted by molar-refractivity contribution is 5.71. The molecule has 0 aliphatic rings. The Bertz CT molecular complexity index is 132. The molecule has 0 aromatic rings.